The molecule has 0 saturated heterocycles. The minimum Gasteiger partial charge on any atom is -0.497 e. The van der Waals surface area contributed by atoms with E-state index < -0.39 is 5.91 Å². The highest BCUT2D eigenvalue weighted by Gasteiger charge is 2.14. The fourth-order valence-electron chi connectivity index (χ4n) is 3.78. The number of hydrogen-bond donors (Lipinski definition) is 1. The molecule has 0 spiro atoms. The van der Waals surface area contributed by atoms with Crippen molar-refractivity contribution >= 4 is 45.3 Å². The number of fused-ring (bicyclic) bond motifs is 1. The first-order chi connectivity index (χ1) is 18.0. The van der Waals surface area contributed by atoms with E-state index in [-0.39, 0.29) is 5.57 Å². The van der Waals surface area contributed by atoms with Gasteiger partial charge in [0.1, 0.15) is 24.0 Å². The average molecular weight is 604 g/mol. The zero-order valence-corrected chi connectivity index (χ0v) is 22.6. The maximum atomic E-state index is 12.6. The zero-order valence-electron chi connectivity index (χ0n) is 20.5. The number of carbonyl (C=O) groups is 1. The van der Waals surface area contributed by atoms with Gasteiger partial charge in [-0.3, -0.25) is 4.79 Å². The second kappa shape index (κ2) is 12.3. The van der Waals surface area contributed by atoms with Crippen LogP contribution in [0.4, 0.5) is 0 Å². The third-order valence-electron chi connectivity index (χ3n) is 5.74. The molecule has 0 aliphatic carbocycles. The zero-order chi connectivity index (χ0) is 26.2. The Morgan fingerprint density at radius 3 is 2.38 bits per heavy atom. The van der Waals surface area contributed by atoms with Crippen LogP contribution in [0.15, 0.2) is 84.4 Å². The summed E-state index contributed by atoms with van der Waals surface area (Å²) in [5.41, 5.74) is 2.60. The topological polar surface area (TPSA) is 80.6 Å². The fourth-order valence-corrected chi connectivity index (χ4v) is 4.56. The van der Waals surface area contributed by atoms with E-state index in [9.17, 15) is 10.1 Å². The van der Waals surface area contributed by atoms with E-state index in [1.54, 1.807) is 26.4 Å². The van der Waals surface area contributed by atoms with Crippen LogP contribution in [-0.4, -0.2) is 20.1 Å². The Morgan fingerprint density at radius 1 is 0.946 bits per heavy atom. The normalized spacial score (nSPS) is 11.0. The summed E-state index contributed by atoms with van der Waals surface area (Å²) in [4.78, 5) is 12.6. The van der Waals surface area contributed by atoms with Crippen LogP contribution in [0.25, 0.3) is 16.8 Å². The summed E-state index contributed by atoms with van der Waals surface area (Å²) in [6.07, 6.45) is 1.54. The second-order valence-corrected chi connectivity index (χ2v) is 9.37. The molecule has 0 bridgehead atoms. The molecule has 0 radical (unpaired) electrons. The number of nitrogens with zero attached hydrogens (tertiary/aromatic N) is 1. The Bertz CT molecular complexity index is 1490. The SMILES string of the molecule is COc1ccc(CNC(=O)/C(C#N)=C\c2cc(I)c(OCc3ccc4ccccc4c3)c(OC)c2)cc1. The number of carbonyl (C=O) groups excluding carboxylic acids is 1. The van der Waals surface area contributed by atoms with Gasteiger partial charge in [-0.2, -0.15) is 5.26 Å². The monoisotopic (exact) mass is 604 g/mol. The van der Waals surface area contributed by atoms with E-state index in [1.165, 1.54) is 5.39 Å². The Kier molecular flexibility index (Phi) is 8.64. The van der Waals surface area contributed by atoms with E-state index >= 15 is 0 Å². The molecule has 186 valence electrons. The van der Waals surface area contributed by atoms with Gasteiger partial charge in [0.05, 0.1) is 17.8 Å². The summed E-state index contributed by atoms with van der Waals surface area (Å²) in [7, 11) is 3.16. The van der Waals surface area contributed by atoms with Gasteiger partial charge in [-0.05, 0) is 86.5 Å². The van der Waals surface area contributed by atoms with Crippen molar-refractivity contribution in [3.63, 3.8) is 0 Å². The van der Waals surface area contributed by atoms with Crippen molar-refractivity contribution in [1.82, 2.24) is 5.32 Å². The lowest BCUT2D eigenvalue weighted by molar-refractivity contribution is -0.117. The fraction of sp³-hybridized carbons (Fsp3) is 0.133. The van der Waals surface area contributed by atoms with Crippen LogP contribution in [0, 0.1) is 14.9 Å². The first-order valence-corrected chi connectivity index (χ1v) is 12.6. The molecule has 0 heterocycles. The Hall–Kier alpha value is -4.03. The summed E-state index contributed by atoms with van der Waals surface area (Å²) < 4.78 is 17.7. The number of ether oxygens (including phenoxy) is 3. The van der Waals surface area contributed by atoms with Gasteiger partial charge in [0.25, 0.3) is 5.91 Å². The molecule has 0 aliphatic rings. The third kappa shape index (κ3) is 6.60. The smallest absolute Gasteiger partial charge is 0.262 e. The molecule has 0 aromatic heterocycles. The minimum atomic E-state index is -0.455. The van der Waals surface area contributed by atoms with Crippen LogP contribution in [0.3, 0.4) is 0 Å². The highest BCUT2D eigenvalue weighted by molar-refractivity contribution is 14.1. The Morgan fingerprint density at radius 2 is 1.68 bits per heavy atom. The quantitative estimate of drug-likeness (QED) is 0.139. The summed E-state index contributed by atoms with van der Waals surface area (Å²) in [5.74, 6) is 1.41. The number of benzene rings is 4. The number of methoxy groups -OCH3 is 2. The maximum Gasteiger partial charge on any atom is 0.262 e. The lowest BCUT2D eigenvalue weighted by Crippen LogP contribution is -2.23. The largest absolute Gasteiger partial charge is 0.497 e. The summed E-state index contributed by atoms with van der Waals surface area (Å²) in [5, 5.41) is 14.7. The Labute approximate surface area is 229 Å². The second-order valence-electron chi connectivity index (χ2n) is 8.20. The summed E-state index contributed by atoms with van der Waals surface area (Å²) >= 11 is 2.17. The van der Waals surface area contributed by atoms with Gasteiger partial charge in [0.15, 0.2) is 11.5 Å². The van der Waals surface area contributed by atoms with E-state index in [0.717, 1.165) is 25.8 Å². The molecule has 4 rings (SSSR count). The third-order valence-corrected chi connectivity index (χ3v) is 6.54. The molecule has 7 heteroatoms. The molecule has 0 fully saturated rings. The Balaban J connectivity index is 1.47. The number of amides is 1. The molecule has 37 heavy (non-hydrogen) atoms. The molecule has 1 amide bonds. The van der Waals surface area contributed by atoms with Gasteiger partial charge in [0.2, 0.25) is 0 Å². The number of rotatable bonds is 9. The highest BCUT2D eigenvalue weighted by Crippen LogP contribution is 2.35. The van der Waals surface area contributed by atoms with Crippen LogP contribution < -0.4 is 19.5 Å². The van der Waals surface area contributed by atoms with Gasteiger partial charge in [-0.15, -0.1) is 0 Å². The number of nitrogens with one attached hydrogen (secondary N) is 1. The molecule has 1 N–H and O–H groups in total. The first-order valence-electron chi connectivity index (χ1n) is 11.5. The average Bonchev–Trinajstić information content (AvgIpc) is 2.93. The lowest BCUT2D eigenvalue weighted by atomic mass is 10.1. The minimum absolute atomic E-state index is 0.00352. The molecule has 0 aliphatic heterocycles. The molecule has 0 atom stereocenters. The molecular weight excluding hydrogens is 579 g/mol. The van der Waals surface area contributed by atoms with Crippen molar-refractivity contribution in [1.29, 1.82) is 5.26 Å². The van der Waals surface area contributed by atoms with Crippen LogP contribution in [0.1, 0.15) is 16.7 Å². The maximum absolute atomic E-state index is 12.6. The van der Waals surface area contributed by atoms with E-state index in [2.05, 4.69) is 52.2 Å². The summed E-state index contributed by atoms with van der Waals surface area (Å²) in [6, 6.07) is 27.4. The predicted octanol–water partition coefficient (Wildman–Crippen LogP) is 6.26. The van der Waals surface area contributed by atoms with Crippen molar-refractivity contribution in [2.75, 3.05) is 14.2 Å². The molecule has 4 aromatic rings. The van der Waals surface area contributed by atoms with E-state index in [1.807, 2.05) is 54.6 Å². The van der Waals surface area contributed by atoms with Gasteiger partial charge >= 0.3 is 0 Å². The highest BCUT2D eigenvalue weighted by atomic mass is 127. The van der Waals surface area contributed by atoms with Crippen molar-refractivity contribution in [3.05, 3.63) is 105 Å². The van der Waals surface area contributed by atoms with Crippen LogP contribution >= 0.6 is 22.6 Å². The van der Waals surface area contributed by atoms with Crippen molar-refractivity contribution in [2.45, 2.75) is 13.2 Å². The van der Waals surface area contributed by atoms with Gasteiger partial charge in [-0.25, -0.2) is 0 Å². The number of nitriles is 1. The van der Waals surface area contributed by atoms with Crippen molar-refractivity contribution in [3.8, 4) is 23.3 Å². The van der Waals surface area contributed by atoms with Gasteiger partial charge < -0.3 is 19.5 Å². The van der Waals surface area contributed by atoms with Crippen LogP contribution in [0.5, 0.6) is 17.2 Å². The molecule has 0 unspecified atom stereocenters. The van der Waals surface area contributed by atoms with Crippen LogP contribution in [0.2, 0.25) is 0 Å². The van der Waals surface area contributed by atoms with Crippen LogP contribution in [-0.2, 0) is 17.9 Å². The van der Waals surface area contributed by atoms with E-state index in [4.69, 9.17) is 14.2 Å². The molecule has 6 nitrogen and oxygen atoms in total. The molecular formula is C30H25IN2O4. The lowest BCUT2D eigenvalue weighted by Gasteiger charge is -2.14. The molecule has 4 aromatic carbocycles. The van der Waals surface area contributed by atoms with Gasteiger partial charge in [0, 0.05) is 6.54 Å². The first kappa shape index (κ1) is 26.0. The van der Waals surface area contributed by atoms with Crippen molar-refractivity contribution in [2.24, 2.45) is 0 Å². The number of hydrogen-bond acceptors (Lipinski definition) is 5. The van der Waals surface area contributed by atoms with E-state index in [0.29, 0.717) is 30.2 Å². The number of halogens is 1. The predicted molar refractivity (Wildman–Crippen MR) is 152 cm³/mol. The van der Waals surface area contributed by atoms with Crippen molar-refractivity contribution < 1.29 is 19.0 Å². The standard InChI is InChI=1S/C30H25IN2O4/c1-35-26-11-8-20(9-12-26)18-33-30(34)25(17-32)14-22-15-27(31)29(28(16-22)36-2)37-19-21-7-10-23-5-3-4-6-24(23)13-21/h3-16H,18-19H2,1-2H3,(H,33,34)/b25-14-. The summed E-state index contributed by atoms with van der Waals surface area (Å²) in [6.45, 7) is 0.674. The molecule has 0 saturated carbocycles. The van der Waals surface area contributed by atoms with Gasteiger partial charge in [-0.1, -0.05) is 48.5 Å².